The molecule has 2 rings (SSSR count). The number of benzene rings is 2. The Bertz CT molecular complexity index is 846. The van der Waals surface area contributed by atoms with Gasteiger partial charge in [-0.05, 0) is 0 Å². The fourth-order valence-electron chi connectivity index (χ4n) is 2.62. The number of rotatable bonds is 12. The molecule has 0 fully saturated rings. The van der Waals surface area contributed by atoms with E-state index >= 15 is 0 Å². The minimum absolute atomic E-state index is 0.0537. The zero-order chi connectivity index (χ0) is 22.9. The molecule has 0 aliphatic rings. The van der Waals surface area contributed by atoms with E-state index in [-0.39, 0.29) is 33.2 Å². The van der Waals surface area contributed by atoms with Crippen molar-refractivity contribution in [2.45, 2.75) is 37.1 Å². The van der Waals surface area contributed by atoms with Crippen molar-refractivity contribution in [2.75, 3.05) is 20.5 Å². The van der Waals surface area contributed by atoms with Gasteiger partial charge in [0.15, 0.2) is 0 Å². The first-order valence-corrected chi connectivity index (χ1v) is 16.3. The van der Waals surface area contributed by atoms with Crippen molar-refractivity contribution in [1.82, 2.24) is 0 Å². The Morgan fingerprint density at radius 2 is 1.90 bits per heavy atom. The Morgan fingerprint density at radius 3 is 2.52 bits per heavy atom. The molecule has 0 spiro atoms. The van der Waals surface area contributed by atoms with Gasteiger partial charge in [0, 0.05) is 0 Å². The predicted molar refractivity (Wildman–Crippen MR) is 128 cm³/mol. The van der Waals surface area contributed by atoms with E-state index in [9.17, 15) is 9.18 Å². The fourth-order valence-corrected chi connectivity index (χ4v) is 5.38. The summed E-state index contributed by atoms with van der Waals surface area (Å²) in [7, 11) is 2.09. The van der Waals surface area contributed by atoms with Gasteiger partial charge >= 0.3 is 194 Å². The standard InChI is InChI=1S/C22H30FO5PSeSi/c1-25-15-27-19-13-17(28-22(23)29)12-16(14-30-18-8-6-5-7-9-18)20(19)21(24)26-10-11-31(2,3)4/h5-9,12-13,22H,10-11,14-15,29H2,1-4H3. The molecule has 0 aliphatic heterocycles. The normalized spacial score (nSPS) is 12.3. The van der Waals surface area contributed by atoms with Crippen LogP contribution in [0.15, 0.2) is 42.5 Å². The second-order valence-corrected chi connectivity index (χ2v) is 16.4. The van der Waals surface area contributed by atoms with Crippen LogP contribution in [0.4, 0.5) is 4.39 Å². The van der Waals surface area contributed by atoms with Gasteiger partial charge in [0.05, 0.1) is 0 Å². The maximum atomic E-state index is 13.5. The van der Waals surface area contributed by atoms with Crippen LogP contribution in [0.5, 0.6) is 11.5 Å². The molecular weight excluding hydrogens is 501 g/mol. The molecule has 2 aromatic rings. The van der Waals surface area contributed by atoms with Crippen LogP contribution in [0.25, 0.3) is 0 Å². The minimum atomic E-state index is -1.57. The first-order chi connectivity index (χ1) is 14.7. The van der Waals surface area contributed by atoms with E-state index in [4.69, 9.17) is 18.9 Å². The Balaban J connectivity index is 2.36. The van der Waals surface area contributed by atoms with Gasteiger partial charge in [0.25, 0.3) is 0 Å². The number of methoxy groups -OCH3 is 1. The topological polar surface area (TPSA) is 54.0 Å². The molecule has 2 atom stereocenters. The SMILES string of the molecule is COCOc1cc(OC(F)P)cc(C[Se]c2ccccc2)c1C(=O)OCC[Si](C)(C)C. The second-order valence-electron chi connectivity index (χ2n) is 8.02. The Hall–Kier alpha value is -1.43. The molecule has 9 heteroatoms. The van der Waals surface area contributed by atoms with Gasteiger partial charge in [-0.2, -0.15) is 0 Å². The van der Waals surface area contributed by atoms with Crippen molar-refractivity contribution < 1.29 is 28.1 Å². The van der Waals surface area contributed by atoms with Gasteiger partial charge in [-0.1, -0.05) is 0 Å². The molecule has 0 aliphatic carbocycles. The summed E-state index contributed by atoms with van der Waals surface area (Å²) in [6.45, 7) is 6.98. The second kappa shape index (κ2) is 12.6. The number of esters is 1. The molecule has 5 nitrogen and oxygen atoms in total. The molecule has 0 N–H and O–H groups in total. The molecule has 31 heavy (non-hydrogen) atoms. The summed E-state index contributed by atoms with van der Waals surface area (Å²) < 4.78 is 36.2. The maximum absolute atomic E-state index is 13.5. The van der Waals surface area contributed by atoms with E-state index in [1.54, 1.807) is 6.07 Å². The molecule has 0 heterocycles. The van der Waals surface area contributed by atoms with Crippen molar-refractivity contribution in [2.24, 2.45) is 0 Å². The number of hydrogen-bond donors (Lipinski definition) is 0. The quantitative estimate of drug-likeness (QED) is 0.178. The van der Waals surface area contributed by atoms with Gasteiger partial charge < -0.3 is 0 Å². The molecule has 170 valence electrons. The number of carbonyl (C=O) groups is 1. The molecule has 2 aromatic carbocycles. The molecule has 0 saturated carbocycles. The van der Waals surface area contributed by atoms with Gasteiger partial charge in [0.2, 0.25) is 0 Å². The van der Waals surface area contributed by atoms with Crippen molar-refractivity contribution in [3.05, 3.63) is 53.6 Å². The number of ether oxygens (including phenoxy) is 4. The molecule has 0 aromatic heterocycles. The van der Waals surface area contributed by atoms with E-state index < -0.39 is 20.1 Å². The van der Waals surface area contributed by atoms with Gasteiger partial charge in [0.1, 0.15) is 0 Å². The zero-order valence-electron chi connectivity index (χ0n) is 18.4. The average molecular weight is 531 g/mol. The van der Waals surface area contributed by atoms with E-state index in [0.717, 1.165) is 6.04 Å². The van der Waals surface area contributed by atoms with Crippen LogP contribution in [0.1, 0.15) is 15.9 Å². The van der Waals surface area contributed by atoms with Gasteiger partial charge in [-0.3, -0.25) is 0 Å². The Kier molecular flexibility index (Phi) is 10.5. The Labute approximate surface area is 193 Å². The third-order valence-electron chi connectivity index (χ3n) is 4.17. The van der Waals surface area contributed by atoms with Crippen LogP contribution >= 0.6 is 9.24 Å². The first-order valence-electron chi connectivity index (χ1n) is 9.89. The predicted octanol–water partition coefficient (Wildman–Crippen LogP) is 4.20. The Morgan fingerprint density at radius 1 is 1.19 bits per heavy atom. The van der Waals surface area contributed by atoms with Gasteiger partial charge in [-0.25, -0.2) is 0 Å². The van der Waals surface area contributed by atoms with E-state index in [1.807, 2.05) is 27.4 Å². The van der Waals surface area contributed by atoms with Crippen LogP contribution in [0.2, 0.25) is 25.7 Å². The molecular formula is C22H30FO5PSeSi. The van der Waals surface area contributed by atoms with Crippen LogP contribution in [-0.4, -0.2) is 55.6 Å². The monoisotopic (exact) mass is 532 g/mol. The summed E-state index contributed by atoms with van der Waals surface area (Å²) in [4.78, 5) is 13.0. The van der Waals surface area contributed by atoms with Crippen molar-refractivity contribution in [3.63, 3.8) is 0 Å². The summed E-state index contributed by atoms with van der Waals surface area (Å²) in [5, 5.41) is 0.601. The van der Waals surface area contributed by atoms with Crippen molar-refractivity contribution >= 4 is 42.7 Å². The third kappa shape index (κ3) is 9.30. The van der Waals surface area contributed by atoms with Crippen molar-refractivity contribution in [3.8, 4) is 11.5 Å². The number of alkyl halides is 1. The van der Waals surface area contributed by atoms with Crippen LogP contribution < -0.4 is 13.9 Å². The number of carbonyl (C=O) groups excluding carboxylic acids is 1. The number of halogens is 1. The average Bonchev–Trinajstić information content (AvgIpc) is 2.69. The van der Waals surface area contributed by atoms with Crippen LogP contribution in [0.3, 0.4) is 0 Å². The van der Waals surface area contributed by atoms with Crippen molar-refractivity contribution in [1.29, 1.82) is 0 Å². The summed E-state index contributed by atoms with van der Waals surface area (Å²) in [6.07, 6.45) is -1.57. The third-order valence-corrected chi connectivity index (χ3v) is 8.23. The van der Waals surface area contributed by atoms with E-state index in [1.165, 1.54) is 17.6 Å². The molecule has 0 amide bonds. The molecule has 0 saturated heterocycles. The summed E-state index contributed by atoms with van der Waals surface area (Å²) in [5.74, 6) is 0.102. The summed E-state index contributed by atoms with van der Waals surface area (Å²) in [6, 6.07) is 14.1. The molecule has 2 unspecified atom stereocenters. The summed E-state index contributed by atoms with van der Waals surface area (Å²) >= 11 is 0.0574. The fraction of sp³-hybridized carbons (Fsp3) is 0.409. The molecule has 0 radical (unpaired) electrons. The van der Waals surface area contributed by atoms with Crippen LogP contribution in [-0.2, 0) is 14.8 Å². The summed E-state index contributed by atoms with van der Waals surface area (Å²) in [5.41, 5.74) is 1.05. The van der Waals surface area contributed by atoms with E-state index in [2.05, 4.69) is 31.8 Å². The molecule has 0 bridgehead atoms. The van der Waals surface area contributed by atoms with Crippen LogP contribution in [0, 0.1) is 0 Å². The zero-order valence-corrected chi connectivity index (χ0v) is 22.2. The van der Waals surface area contributed by atoms with E-state index in [0.29, 0.717) is 23.1 Å². The number of hydrogen-bond acceptors (Lipinski definition) is 5. The van der Waals surface area contributed by atoms with Gasteiger partial charge in [-0.15, -0.1) is 0 Å². The first kappa shape index (κ1) is 25.8.